The van der Waals surface area contributed by atoms with Crippen LogP contribution in [-0.4, -0.2) is 36.2 Å². The monoisotopic (exact) mass is 286 g/mol. The summed E-state index contributed by atoms with van der Waals surface area (Å²) in [5.41, 5.74) is 6.63. The van der Waals surface area contributed by atoms with Crippen LogP contribution in [0, 0.1) is 0 Å². The molecule has 0 saturated heterocycles. The molecular formula is C12H19BrN2O. The highest BCUT2D eigenvalue weighted by Crippen LogP contribution is 2.13. The quantitative estimate of drug-likeness (QED) is 0.835. The molecule has 1 rings (SSSR count). The number of nitrogens with zero attached hydrogens (tertiary/aromatic N) is 1. The average Bonchev–Trinajstić information content (AvgIpc) is 2.17. The third kappa shape index (κ3) is 5.07. The van der Waals surface area contributed by atoms with Gasteiger partial charge in [-0.2, -0.15) is 0 Å². The first kappa shape index (κ1) is 13.6. The molecule has 1 aromatic carbocycles. The largest absolute Gasteiger partial charge is 0.392 e. The second-order valence-corrected chi connectivity index (χ2v) is 4.97. The number of rotatable bonds is 6. The predicted octanol–water partition coefficient (Wildman–Crippen LogP) is 1.59. The van der Waals surface area contributed by atoms with Crippen molar-refractivity contribution in [1.82, 2.24) is 4.90 Å². The normalized spacial score (nSPS) is 13.1. The van der Waals surface area contributed by atoms with E-state index in [2.05, 4.69) is 33.0 Å². The molecule has 3 N–H and O–H groups in total. The van der Waals surface area contributed by atoms with Crippen molar-refractivity contribution in [3.05, 3.63) is 34.3 Å². The van der Waals surface area contributed by atoms with Crippen LogP contribution in [0.25, 0.3) is 0 Å². The maximum Gasteiger partial charge on any atom is 0.0679 e. The average molecular weight is 287 g/mol. The van der Waals surface area contributed by atoms with E-state index in [1.54, 1.807) is 0 Å². The summed E-state index contributed by atoms with van der Waals surface area (Å²) >= 11 is 3.44. The van der Waals surface area contributed by atoms with E-state index in [0.717, 1.165) is 11.0 Å². The van der Waals surface area contributed by atoms with Crippen LogP contribution in [0.2, 0.25) is 0 Å². The minimum Gasteiger partial charge on any atom is -0.392 e. The molecular weight excluding hydrogens is 268 g/mol. The first-order chi connectivity index (χ1) is 7.61. The van der Waals surface area contributed by atoms with Crippen LogP contribution < -0.4 is 5.73 Å². The maximum atomic E-state index is 9.62. The van der Waals surface area contributed by atoms with Crippen LogP contribution in [0.15, 0.2) is 28.7 Å². The molecule has 0 fully saturated rings. The molecule has 0 bridgehead atoms. The van der Waals surface area contributed by atoms with E-state index in [1.165, 1.54) is 5.56 Å². The lowest BCUT2D eigenvalue weighted by molar-refractivity contribution is 0.117. The molecule has 1 unspecified atom stereocenters. The Kier molecular flexibility index (Phi) is 5.98. The van der Waals surface area contributed by atoms with Crippen LogP contribution in [-0.2, 0) is 6.54 Å². The third-order valence-electron chi connectivity index (χ3n) is 2.36. The van der Waals surface area contributed by atoms with Gasteiger partial charge >= 0.3 is 0 Å². The third-order valence-corrected chi connectivity index (χ3v) is 2.86. The van der Waals surface area contributed by atoms with E-state index in [9.17, 15) is 5.11 Å². The fraction of sp³-hybridized carbons (Fsp3) is 0.500. The molecule has 0 aliphatic carbocycles. The fourth-order valence-corrected chi connectivity index (χ4v) is 2.10. The van der Waals surface area contributed by atoms with E-state index >= 15 is 0 Å². The number of nitrogens with two attached hydrogens (primary N) is 1. The Labute approximate surface area is 105 Å². The van der Waals surface area contributed by atoms with Crippen molar-refractivity contribution >= 4 is 15.9 Å². The number of hydrogen-bond donors (Lipinski definition) is 2. The first-order valence-electron chi connectivity index (χ1n) is 5.43. The summed E-state index contributed by atoms with van der Waals surface area (Å²) in [6.07, 6.45) is 0.324. The summed E-state index contributed by atoms with van der Waals surface area (Å²) in [6.45, 7) is 2.02. The van der Waals surface area contributed by atoms with Gasteiger partial charge in [0.05, 0.1) is 6.10 Å². The topological polar surface area (TPSA) is 49.5 Å². The number of aliphatic hydroxyl groups is 1. The predicted molar refractivity (Wildman–Crippen MR) is 70.2 cm³/mol. The standard InChI is InChI=1S/C12H19BrN2O/c1-15(9-12(16)5-6-14)8-10-3-2-4-11(13)7-10/h2-4,7,12,16H,5-6,8-9,14H2,1H3. The highest BCUT2D eigenvalue weighted by molar-refractivity contribution is 9.10. The van der Waals surface area contributed by atoms with Crippen molar-refractivity contribution < 1.29 is 5.11 Å². The fourth-order valence-electron chi connectivity index (χ4n) is 1.65. The number of hydrogen-bond acceptors (Lipinski definition) is 3. The van der Waals surface area contributed by atoms with Crippen molar-refractivity contribution in [2.75, 3.05) is 20.1 Å². The van der Waals surface area contributed by atoms with Gasteiger partial charge in [0.15, 0.2) is 0 Å². The van der Waals surface area contributed by atoms with Crippen molar-refractivity contribution in [3.63, 3.8) is 0 Å². The summed E-state index contributed by atoms with van der Waals surface area (Å²) < 4.78 is 1.08. The van der Waals surface area contributed by atoms with Crippen molar-refractivity contribution in [3.8, 4) is 0 Å². The molecule has 0 aromatic heterocycles. The van der Waals surface area contributed by atoms with Gasteiger partial charge in [-0.05, 0) is 37.7 Å². The first-order valence-corrected chi connectivity index (χ1v) is 6.22. The lowest BCUT2D eigenvalue weighted by Crippen LogP contribution is -2.30. The number of benzene rings is 1. The molecule has 0 radical (unpaired) electrons. The van der Waals surface area contributed by atoms with Gasteiger partial charge < -0.3 is 10.8 Å². The second-order valence-electron chi connectivity index (χ2n) is 4.06. The van der Waals surface area contributed by atoms with Crippen LogP contribution >= 0.6 is 15.9 Å². The Morgan fingerprint density at radius 2 is 2.25 bits per heavy atom. The minimum atomic E-state index is -0.331. The van der Waals surface area contributed by atoms with Crippen LogP contribution in [0.1, 0.15) is 12.0 Å². The summed E-state index contributed by atoms with van der Waals surface area (Å²) in [5.74, 6) is 0. The molecule has 0 aliphatic rings. The zero-order valence-corrected chi connectivity index (χ0v) is 11.2. The Morgan fingerprint density at radius 1 is 1.50 bits per heavy atom. The maximum absolute atomic E-state index is 9.62. The van der Waals surface area contributed by atoms with Crippen molar-refractivity contribution in [2.45, 2.75) is 19.1 Å². The molecule has 0 amide bonds. The lowest BCUT2D eigenvalue weighted by atomic mass is 10.2. The molecule has 4 heteroatoms. The molecule has 3 nitrogen and oxygen atoms in total. The Bertz CT molecular complexity index is 320. The molecule has 0 spiro atoms. The Morgan fingerprint density at radius 3 is 2.88 bits per heavy atom. The van der Waals surface area contributed by atoms with E-state index in [1.807, 2.05) is 19.2 Å². The second kappa shape index (κ2) is 7.01. The Balaban J connectivity index is 2.42. The van der Waals surface area contributed by atoms with Gasteiger partial charge in [0.1, 0.15) is 0 Å². The van der Waals surface area contributed by atoms with E-state index in [4.69, 9.17) is 5.73 Å². The molecule has 90 valence electrons. The van der Waals surface area contributed by atoms with Crippen molar-refractivity contribution in [2.24, 2.45) is 5.73 Å². The summed E-state index contributed by atoms with van der Waals surface area (Å²) in [6, 6.07) is 8.19. The molecule has 0 saturated carbocycles. The van der Waals surface area contributed by atoms with Crippen LogP contribution in [0.5, 0.6) is 0 Å². The zero-order chi connectivity index (χ0) is 12.0. The van der Waals surface area contributed by atoms with Crippen LogP contribution in [0.3, 0.4) is 0 Å². The molecule has 0 aliphatic heterocycles. The van der Waals surface area contributed by atoms with Gasteiger partial charge in [-0.3, -0.25) is 4.90 Å². The van der Waals surface area contributed by atoms with Gasteiger partial charge in [0, 0.05) is 17.6 Å². The SMILES string of the molecule is CN(Cc1cccc(Br)c1)CC(O)CCN. The molecule has 1 atom stereocenters. The van der Waals surface area contributed by atoms with Gasteiger partial charge in [0.25, 0.3) is 0 Å². The van der Waals surface area contributed by atoms with E-state index < -0.39 is 0 Å². The number of aliphatic hydroxyl groups excluding tert-OH is 1. The van der Waals surface area contributed by atoms with Gasteiger partial charge in [0.2, 0.25) is 0 Å². The van der Waals surface area contributed by atoms with Gasteiger partial charge in [-0.25, -0.2) is 0 Å². The zero-order valence-electron chi connectivity index (χ0n) is 9.56. The lowest BCUT2D eigenvalue weighted by Gasteiger charge is -2.20. The highest BCUT2D eigenvalue weighted by Gasteiger charge is 2.07. The van der Waals surface area contributed by atoms with Crippen molar-refractivity contribution in [1.29, 1.82) is 0 Å². The molecule has 16 heavy (non-hydrogen) atoms. The smallest absolute Gasteiger partial charge is 0.0679 e. The van der Waals surface area contributed by atoms with Gasteiger partial charge in [-0.1, -0.05) is 28.1 Å². The molecule has 0 heterocycles. The highest BCUT2D eigenvalue weighted by atomic mass is 79.9. The molecule has 1 aromatic rings. The van der Waals surface area contributed by atoms with E-state index in [0.29, 0.717) is 19.5 Å². The Hall–Kier alpha value is -0.420. The van der Waals surface area contributed by atoms with Crippen LogP contribution in [0.4, 0.5) is 0 Å². The van der Waals surface area contributed by atoms with E-state index in [-0.39, 0.29) is 6.10 Å². The summed E-state index contributed by atoms with van der Waals surface area (Å²) in [4.78, 5) is 2.10. The summed E-state index contributed by atoms with van der Waals surface area (Å²) in [5, 5.41) is 9.62. The summed E-state index contributed by atoms with van der Waals surface area (Å²) in [7, 11) is 2.00. The number of halogens is 1. The minimum absolute atomic E-state index is 0.331. The van der Waals surface area contributed by atoms with Gasteiger partial charge in [-0.15, -0.1) is 0 Å². The number of likely N-dealkylation sites (N-methyl/N-ethyl adjacent to an activating group) is 1.